The second-order valence-corrected chi connectivity index (χ2v) is 4.55. The molecule has 0 bridgehead atoms. The molecule has 5 nitrogen and oxygen atoms in total. The van der Waals surface area contributed by atoms with Crippen LogP contribution >= 0.6 is 0 Å². The average Bonchev–Trinajstić information content (AvgIpc) is 2.53. The number of carbonyl (C=O) groups excluding carboxylic acids is 1. The molecule has 0 saturated carbocycles. The predicted molar refractivity (Wildman–Crippen MR) is 64.9 cm³/mol. The van der Waals surface area contributed by atoms with Crippen LogP contribution in [0.2, 0.25) is 0 Å². The van der Waals surface area contributed by atoms with Gasteiger partial charge < -0.3 is 20.1 Å². The topological polar surface area (TPSA) is 77.5 Å². The molecule has 0 aliphatic heterocycles. The molecule has 17 heavy (non-hydrogen) atoms. The minimum absolute atomic E-state index is 0.235. The molecule has 1 aromatic rings. The molecule has 0 radical (unpaired) electrons. The Morgan fingerprint density at radius 2 is 2.00 bits per heavy atom. The van der Waals surface area contributed by atoms with Crippen LogP contribution in [0.1, 0.15) is 34.2 Å². The highest BCUT2D eigenvalue weighted by Gasteiger charge is 2.33. The molecule has 1 heterocycles. The highest BCUT2D eigenvalue weighted by Crippen LogP contribution is 2.30. The summed E-state index contributed by atoms with van der Waals surface area (Å²) >= 11 is 0. The van der Waals surface area contributed by atoms with Crippen molar-refractivity contribution in [2.75, 3.05) is 13.7 Å². The molecule has 0 aromatic carbocycles. The summed E-state index contributed by atoms with van der Waals surface area (Å²) in [5.74, 6) is -0.425. The van der Waals surface area contributed by atoms with E-state index in [9.17, 15) is 9.90 Å². The predicted octanol–water partition coefficient (Wildman–Crippen LogP) is 0.595. The van der Waals surface area contributed by atoms with Crippen LogP contribution in [0.5, 0.6) is 0 Å². The summed E-state index contributed by atoms with van der Waals surface area (Å²) in [5, 5.41) is 9.36. The van der Waals surface area contributed by atoms with Gasteiger partial charge >= 0.3 is 5.97 Å². The van der Waals surface area contributed by atoms with Gasteiger partial charge in [-0.1, -0.05) is 0 Å². The standard InChI is InChI=1S/C12H20N2O3/c1-7-9(11(16)17-5)10(8(2)14(7)4)12(3,13)6-15/h15H,6,13H2,1-5H3. The summed E-state index contributed by atoms with van der Waals surface area (Å²) in [5.41, 5.74) is 7.83. The van der Waals surface area contributed by atoms with Crippen molar-refractivity contribution in [2.45, 2.75) is 26.3 Å². The van der Waals surface area contributed by atoms with Crippen LogP contribution in [0, 0.1) is 13.8 Å². The van der Waals surface area contributed by atoms with Gasteiger partial charge in [-0.05, 0) is 20.8 Å². The molecule has 1 rings (SSSR count). The lowest BCUT2D eigenvalue weighted by molar-refractivity contribution is 0.0595. The number of hydrogen-bond donors (Lipinski definition) is 2. The molecule has 0 saturated heterocycles. The summed E-state index contributed by atoms with van der Waals surface area (Å²) in [4.78, 5) is 11.8. The molecule has 1 atom stereocenters. The minimum Gasteiger partial charge on any atom is -0.465 e. The molecular weight excluding hydrogens is 220 g/mol. The van der Waals surface area contributed by atoms with E-state index in [0.717, 1.165) is 11.4 Å². The zero-order valence-corrected chi connectivity index (χ0v) is 11.0. The highest BCUT2D eigenvalue weighted by atomic mass is 16.5. The lowest BCUT2D eigenvalue weighted by atomic mass is 9.90. The van der Waals surface area contributed by atoms with Crippen molar-refractivity contribution >= 4 is 5.97 Å². The summed E-state index contributed by atoms with van der Waals surface area (Å²) in [6, 6.07) is 0. The first kappa shape index (κ1) is 13.7. The number of ether oxygens (including phenoxy) is 1. The van der Waals surface area contributed by atoms with E-state index in [1.165, 1.54) is 7.11 Å². The normalized spacial score (nSPS) is 14.5. The first-order valence-electron chi connectivity index (χ1n) is 5.42. The van der Waals surface area contributed by atoms with Crippen LogP contribution in [-0.2, 0) is 17.3 Å². The van der Waals surface area contributed by atoms with Crippen molar-refractivity contribution in [1.82, 2.24) is 4.57 Å². The Hall–Kier alpha value is -1.33. The van der Waals surface area contributed by atoms with Crippen molar-refractivity contribution in [2.24, 2.45) is 12.8 Å². The number of rotatable bonds is 3. The fourth-order valence-corrected chi connectivity index (χ4v) is 2.08. The Labute approximate surface area is 101 Å². The van der Waals surface area contributed by atoms with E-state index < -0.39 is 11.5 Å². The van der Waals surface area contributed by atoms with Crippen molar-refractivity contribution in [1.29, 1.82) is 0 Å². The summed E-state index contributed by atoms with van der Waals surface area (Å²) in [6.07, 6.45) is 0. The highest BCUT2D eigenvalue weighted by molar-refractivity contribution is 5.93. The van der Waals surface area contributed by atoms with Gasteiger partial charge in [-0.2, -0.15) is 0 Å². The van der Waals surface area contributed by atoms with Gasteiger partial charge in [-0.25, -0.2) is 4.79 Å². The van der Waals surface area contributed by atoms with E-state index in [1.54, 1.807) is 6.92 Å². The molecule has 0 aliphatic rings. The van der Waals surface area contributed by atoms with Gasteiger partial charge in [-0.3, -0.25) is 0 Å². The van der Waals surface area contributed by atoms with Gasteiger partial charge in [0.2, 0.25) is 0 Å². The quantitative estimate of drug-likeness (QED) is 0.758. The maximum absolute atomic E-state index is 11.8. The number of aliphatic hydroxyl groups is 1. The van der Waals surface area contributed by atoms with Crippen LogP contribution in [0.4, 0.5) is 0 Å². The number of methoxy groups -OCH3 is 1. The Bertz CT molecular complexity index is 447. The first-order chi connectivity index (χ1) is 7.77. The number of hydrogen-bond acceptors (Lipinski definition) is 4. The van der Waals surface area contributed by atoms with Gasteiger partial charge in [0.15, 0.2) is 0 Å². The fourth-order valence-electron chi connectivity index (χ4n) is 2.08. The maximum atomic E-state index is 11.8. The average molecular weight is 240 g/mol. The number of aromatic nitrogens is 1. The molecule has 96 valence electrons. The Morgan fingerprint density at radius 1 is 1.47 bits per heavy atom. The van der Waals surface area contributed by atoms with E-state index in [0.29, 0.717) is 11.1 Å². The number of nitrogens with two attached hydrogens (primary N) is 1. The summed E-state index contributed by atoms with van der Waals surface area (Å²) in [7, 11) is 3.19. The van der Waals surface area contributed by atoms with Crippen molar-refractivity contribution < 1.29 is 14.6 Å². The van der Waals surface area contributed by atoms with E-state index in [1.807, 2.05) is 25.5 Å². The molecule has 0 amide bonds. The molecule has 0 spiro atoms. The number of esters is 1. The minimum atomic E-state index is -0.959. The maximum Gasteiger partial charge on any atom is 0.340 e. The van der Waals surface area contributed by atoms with Gasteiger partial charge in [0.05, 0.1) is 24.8 Å². The van der Waals surface area contributed by atoms with Gasteiger partial charge in [0.1, 0.15) is 0 Å². The van der Waals surface area contributed by atoms with Crippen LogP contribution in [0.3, 0.4) is 0 Å². The summed E-state index contributed by atoms with van der Waals surface area (Å²) < 4.78 is 6.65. The zero-order valence-electron chi connectivity index (χ0n) is 11.0. The van der Waals surface area contributed by atoms with E-state index in [4.69, 9.17) is 10.5 Å². The number of carbonyl (C=O) groups is 1. The fraction of sp³-hybridized carbons (Fsp3) is 0.583. The Morgan fingerprint density at radius 3 is 2.41 bits per heavy atom. The van der Waals surface area contributed by atoms with E-state index >= 15 is 0 Å². The van der Waals surface area contributed by atoms with Gasteiger partial charge in [0, 0.05) is 24.0 Å². The smallest absolute Gasteiger partial charge is 0.340 e. The van der Waals surface area contributed by atoms with Crippen molar-refractivity contribution in [3.63, 3.8) is 0 Å². The van der Waals surface area contributed by atoms with Gasteiger partial charge in [-0.15, -0.1) is 0 Å². The third kappa shape index (κ3) is 2.08. The second-order valence-electron chi connectivity index (χ2n) is 4.55. The van der Waals surface area contributed by atoms with Gasteiger partial charge in [0.25, 0.3) is 0 Å². The Balaban J connectivity index is 3.58. The van der Waals surface area contributed by atoms with E-state index in [-0.39, 0.29) is 6.61 Å². The van der Waals surface area contributed by atoms with Crippen LogP contribution in [0.25, 0.3) is 0 Å². The molecule has 1 unspecified atom stereocenters. The zero-order chi connectivity index (χ0) is 13.4. The monoisotopic (exact) mass is 240 g/mol. The Kier molecular flexibility index (Phi) is 3.64. The molecule has 3 N–H and O–H groups in total. The molecular formula is C12H20N2O3. The lowest BCUT2D eigenvalue weighted by Crippen LogP contribution is -2.38. The van der Waals surface area contributed by atoms with Crippen LogP contribution in [0.15, 0.2) is 0 Å². The number of nitrogens with zero attached hydrogens (tertiary/aromatic N) is 1. The molecule has 5 heteroatoms. The molecule has 0 fully saturated rings. The van der Waals surface area contributed by atoms with Crippen LogP contribution in [-0.4, -0.2) is 29.4 Å². The van der Waals surface area contributed by atoms with Crippen LogP contribution < -0.4 is 5.73 Å². The largest absolute Gasteiger partial charge is 0.465 e. The molecule has 1 aromatic heterocycles. The summed E-state index contributed by atoms with van der Waals surface area (Å²) in [6.45, 7) is 5.16. The first-order valence-corrected chi connectivity index (χ1v) is 5.42. The van der Waals surface area contributed by atoms with Crippen molar-refractivity contribution in [3.8, 4) is 0 Å². The lowest BCUT2D eigenvalue weighted by Gasteiger charge is -2.23. The van der Waals surface area contributed by atoms with E-state index in [2.05, 4.69) is 0 Å². The SMILES string of the molecule is COC(=O)c1c(C(C)(N)CO)c(C)n(C)c1C. The van der Waals surface area contributed by atoms with Crippen molar-refractivity contribution in [3.05, 3.63) is 22.5 Å². The third-order valence-corrected chi connectivity index (χ3v) is 3.27. The third-order valence-electron chi connectivity index (χ3n) is 3.27. The number of aliphatic hydroxyl groups excluding tert-OH is 1. The molecule has 0 aliphatic carbocycles. The second kappa shape index (κ2) is 4.50.